The standard InChI is InChI=1S/C28H38N2O3/c1-33-25-10-9-21-19-23(8-7-22(21)20-25)26(28(32)13-3-2-4-14-28)27(31)30-17-11-24(12-18-30)29-15-5-6-16-29/h7-10,19-20,24,26,32H,2-6,11-18H2,1H3. The molecule has 0 radical (unpaired) electrons. The van der Waals surface area contributed by atoms with Crippen LogP contribution in [0.25, 0.3) is 10.8 Å². The Morgan fingerprint density at radius 3 is 2.30 bits per heavy atom. The van der Waals surface area contributed by atoms with E-state index in [0.29, 0.717) is 18.9 Å². The monoisotopic (exact) mass is 450 g/mol. The summed E-state index contributed by atoms with van der Waals surface area (Å²) >= 11 is 0. The van der Waals surface area contributed by atoms with Crippen LogP contribution in [0.4, 0.5) is 0 Å². The number of benzene rings is 2. The molecule has 5 heteroatoms. The third-order valence-electron chi connectivity index (χ3n) is 8.34. The molecule has 0 bridgehead atoms. The Balaban J connectivity index is 1.41. The van der Waals surface area contributed by atoms with Gasteiger partial charge >= 0.3 is 0 Å². The van der Waals surface area contributed by atoms with Crippen LogP contribution in [-0.2, 0) is 4.79 Å². The average molecular weight is 451 g/mol. The molecular weight excluding hydrogens is 412 g/mol. The molecule has 1 N–H and O–H groups in total. The lowest BCUT2D eigenvalue weighted by atomic mass is 9.71. The Bertz CT molecular complexity index is 970. The minimum atomic E-state index is -0.957. The Morgan fingerprint density at radius 1 is 0.939 bits per heavy atom. The van der Waals surface area contributed by atoms with E-state index in [9.17, 15) is 9.90 Å². The molecule has 2 saturated heterocycles. The molecule has 3 fully saturated rings. The van der Waals surface area contributed by atoms with Crippen molar-refractivity contribution < 1.29 is 14.6 Å². The van der Waals surface area contributed by atoms with Crippen LogP contribution in [0.2, 0.25) is 0 Å². The highest BCUT2D eigenvalue weighted by Crippen LogP contribution is 2.42. The van der Waals surface area contributed by atoms with E-state index in [1.54, 1.807) is 7.11 Å². The first kappa shape index (κ1) is 22.7. The van der Waals surface area contributed by atoms with Gasteiger partial charge in [-0.25, -0.2) is 0 Å². The van der Waals surface area contributed by atoms with Crippen molar-refractivity contribution >= 4 is 16.7 Å². The molecule has 2 heterocycles. The predicted octanol–water partition coefficient (Wildman–Crippen LogP) is 4.71. The van der Waals surface area contributed by atoms with Gasteiger partial charge in [0.1, 0.15) is 5.75 Å². The van der Waals surface area contributed by atoms with Crippen molar-refractivity contribution in [2.24, 2.45) is 0 Å². The third kappa shape index (κ3) is 4.63. The van der Waals surface area contributed by atoms with E-state index in [4.69, 9.17) is 4.74 Å². The summed E-state index contributed by atoms with van der Waals surface area (Å²) in [5, 5.41) is 14.0. The molecule has 3 aliphatic rings. The Kier molecular flexibility index (Phi) is 6.62. The van der Waals surface area contributed by atoms with Crippen LogP contribution < -0.4 is 4.74 Å². The number of carbonyl (C=O) groups is 1. The van der Waals surface area contributed by atoms with E-state index in [1.807, 2.05) is 29.2 Å². The predicted molar refractivity (Wildman–Crippen MR) is 132 cm³/mol. The van der Waals surface area contributed by atoms with Crippen LogP contribution in [0.15, 0.2) is 36.4 Å². The van der Waals surface area contributed by atoms with Crippen LogP contribution in [-0.4, -0.2) is 65.7 Å². The highest BCUT2D eigenvalue weighted by Gasteiger charge is 2.45. The minimum Gasteiger partial charge on any atom is -0.497 e. The number of hydrogen-bond acceptors (Lipinski definition) is 4. The van der Waals surface area contributed by atoms with Gasteiger partial charge in [0.15, 0.2) is 0 Å². The van der Waals surface area contributed by atoms with E-state index in [-0.39, 0.29) is 5.91 Å². The van der Waals surface area contributed by atoms with Gasteiger partial charge < -0.3 is 19.6 Å². The van der Waals surface area contributed by atoms with Gasteiger partial charge in [0, 0.05) is 19.1 Å². The molecule has 2 aliphatic heterocycles. The summed E-state index contributed by atoms with van der Waals surface area (Å²) in [5.74, 6) is 0.453. The van der Waals surface area contributed by atoms with E-state index in [0.717, 1.165) is 67.3 Å². The zero-order valence-electron chi connectivity index (χ0n) is 20.0. The van der Waals surface area contributed by atoms with E-state index >= 15 is 0 Å². The van der Waals surface area contributed by atoms with Gasteiger partial charge in [-0.05, 0) is 80.1 Å². The normalized spacial score (nSPS) is 23.0. The topological polar surface area (TPSA) is 53.0 Å². The number of rotatable bonds is 5. The Hall–Kier alpha value is -2.11. The number of piperidine rings is 1. The minimum absolute atomic E-state index is 0.118. The molecule has 2 aromatic rings. The van der Waals surface area contributed by atoms with Crippen molar-refractivity contribution in [1.29, 1.82) is 0 Å². The van der Waals surface area contributed by atoms with Crippen molar-refractivity contribution in [3.05, 3.63) is 42.0 Å². The molecule has 0 spiro atoms. The number of ether oxygens (including phenoxy) is 1. The summed E-state index contributed by atoms with van der Waals surface area (Å²) in [6, 6.07) is 12.9. The Morgan fingerprint density at radius 2 is 1.61 bits per heavy atom. The number of nitrogens with zero attached hydrogens (tertiary/aromatic N) is 2. The highest BCUT2D eigenvalue weighted by molar-refractivity contribution is 5.89. The van der Waals surface area contributed by atoms with Crippen LogP contribution in [0.3, 0.4) is 0 Å². The van der Waals surface area contributed by atoms with Gasteiger partial charge in [-0.1, -0.05) is 43.5 Å². The number of aliphatic hydroxyl groups is 1. The van der Waals surface area contributed by atoms with Crippen LogP contribution in [0.1, 0.15) is 69.3 Å². The fourth-order valence-corrected chi connectivity index (χ4v) is 6.42. The first-order chi connectivity index (χ1) is 16.1. The fraction of sp³-hybridized carbons (Fsp3) is 0.607. The first-order valence-corrected chi connectivity index (χ1v) is 12.9. The van der Waals surface area contributed by atoms with Crippen LogP contribution >= 0.6 is 0 Å². The van der Waals surface area contributed by atoms with Crippen molar-refractivity contribution in [2.45, 2.75) is 75.3 Å². The number of hydrogen-bond donors (Lipinski definition) is 1. The second kappa shape index (κ2) is 9.63. The molecule has 178 valence electrons. The van der Waals surface area contributed by atoms with E-state index in [2.05, 4.69) is 17.0 Å². The molecule has 5 rings (SSSR count). The van der Waals surface area contributed by atoms with E-state index in [1.165, 1.54) is 25.9 Å². The van der Waals surface area contributed by atoms with Crippen LogP contribution in [0.5, 0.6) is 5.75 Å². The summed E-state index contributed by atoms with van der Waals surface area (Å²) in [5.41, 5.74) is -0.00916. The second-order valence-corrected chi connectivity index (χ2v) is 10.4. The summed E-state index contributed by atoms with van der Waals surface area (Å²) in [6.45, 7) is 4.03. The molecule has 1 atom stereocenters. The number of likely N-dealkylation sites (tertiary alicyclic amines) is 2. The van der Waals surface area contributed by atoms with Crippen molar-refractivity contribution in [2.75, 3.05) is 33.3 Å². The second-order valence-electron chi connectivity index (χ2n) is 10.4. The largest absolute Gasteiger partial charge is 0.497 e. The number of fused-ring (bicyclic) bond motifs is 1. The number of amides is 1. The SMILES string of the molecule is COc1ccc2cc(C(C(=O)N3CCC(N4CCCC4)CC3)C3(O)CCCCC3)ccc2c1. The van der Waals surface area contributed by atoms with Gasteiger partial charge in [-0.3, -0.25) is 4.79 Å². The summed E-state index contributed by atoms with van der Waals surface area (Å²) in [4.78, 5) is 18.7. The summed E-state index contributed by atoms with van der Waals surface area (Å²) in [7, 11) is 1.68. The Labute approximate surface area is 197 Å². The maximum absolute atomic E-state index is 14.0. The molecule has 2 aromatic carbocycles. The average Bonchev–Trinajstić information content (AvgIpc) is 3.39. The van der Waals surface area contributed by atoms with Crippen molar-refractivity contribution in [3.8, 4) is 5.75 Å². The maximum atomic E-state index is 14.0. The summed E-state index contributed by atoms with van der Waals surface area (Å²) in [6.07, 6.45) is 9.24. The molecular formula is C28H38N2O3. The third-order valence-corrected chi connectivity index (χ3v) is 8.34. The van der Waals surface area contributed by atoms with Gasteiger partial charge in [0.25, 0.3) is 0 Å². The number of carbonyl (C=O) groups excluding carboxylic acids is 1. The first-order valence-electron chi connectivity index (χ1n) is 12.9. The van der Waals surface area contributed by atoms with Gasteiger partial charge in [0.2, 0.25) is 5.91 Å². The van der Waals surface area contributed by atoms with E-state index < -0.39 is 11.5 Å². The summed E-state index contributed by atoms with van der Waals surface area (Å²) < 4.78 is 5.37. The van der Waals surface area contributed by atoms with Crippen molar-refractivity contribution in [3.63, 3.8) is 0 Å². The zero-order valence-corrected chi connectivity index (χ0v) is 20.0. The molecule has 1 aliphatic carbocycles. The zero-order chi connectivity index (χ0) is 22.8. The molecule has 0 aromatic heterocycles. The molecule has 33 heavy (non-hydrogen) atoms. The quantitative estimate of drug-likeness (QED) is 0.717. The van der Waals surface area contributed by atoms with Gasteiger partial charge in [-0.2, -0.15) is 0 Å². The molecule has 5 nitrogen and oxygen atoms in total. The number of methoxy groups -OCH3 is 1. The van der Waals surface area contributed by atoms with Gasteiger partial charge in [0.05, 0.1) is 18.6 Å². The lowest BCUT2D eigenvalue weighted by Gasteiger charge is -2.43. The smallest absolute Gasteiger partial charge is 0.233 e. The fourth-order valence-electron chi connectivity index (χ4n) is 6.42. The maximum Gasteiger partial charge on any atom is 0.233 e. The van der Waals surface area contributed by atoms with Crippen LogP contribution in [0, 0.1) is 0 Å². The highest BCUT2D eigenvalue weighted by atomic mass is 16.5. The molecule has 1 amide bonds. The van der Waals surface area contributed by atoms with Gasteiger partial charge in [-0.15, -0.1) is 0 Å². The lowest BCUT2D eigenvalue weighted by molar-refractivity contribution is -0.143. The lowest BCUT2D eigenvalue weighted by Crippen LogP contribution is -2.52. The molecule has 1 saturated carbocycles. The molecule has 1 unspecified atom stereocenters. The van der Waals surface area contributed by atoms with Crippen molar-refractivity contribution in [1.82, 2.24) is 9.80 Å².